The minimum Gasteiger partial charge on any atom is -0.451 e. The number of fused-ring (bicyclic) bond motifs is 1. The van der Waals surface area contributed by atoms with Crippen molar-refractivity contribution >= 4 is 11.7 Å². The van der Waals surface area contributed by atoms with Crippen molar-refractivity contribution in [2.75, 3.05) is 24.5 Å². The van der Waals surface area contributed by atoms with Crippen molar-refractivity contribution in [3.8, 4) is 0 Å². The lowest BCUT2D eigenvalue weighted by molar-refractivity contribution is 0.191. The largest absolute Gasteiger partial charge is 0.451 e. The molecule has 0 saturated heterocycles. The van der Waals surface area contributed by atoms with Crippen LogP contribution in [0.5, 0.6) is 0 Å². The molecule has 146 valence electrons. The molecule has 0 spiro atoms. The number of urea groups is 1. The van der Waals surface area contributed by atoms with Gasteiger partial charge in [-0.1, -0.05) is 18.2 Å². The number of benzene rings is 1. The summed E-state index contributed by atoms with van der Waals surface area (Å²) in [7, 11) is 0. The first-order valence-corrected chi connectivity index (χ1v) is 9.39. The van der Waals surface area contributed by atoms with Crippen LogP contribution in [0.3, 0.4) is 0 Å². The fraction of sp³-hybridized carbons (Fsp3) is 0.350. The van der Waals surface area contributed by atoms with Gasteiger partial charge in [0.05, 0.1) is 24.5 Å². The second kappa shape index (κ2) is 8.60. The average molecular weight is 381 g/mol. The molecule has 1 aromatic carbocycles. The normalized spacial score (nSPS) is 13.2. The second-order valence-electron chi connectivity index (χ2n) is 6.77. The molecular formula is C20H23N5O3. The maximum atomic E-state index is 12.8. The number of rotatable bonds is 7. The number of amides is 2. The SMILES string of the molecule is O=C(NCCN1CCCc2ccccc21)N(Cc1cocn1)Cc1cocn1. The van der Waals surface area contributed by atoms with Crippen molar-refractivity contribution in [1.29, 1.82) is 0 Å². The fourth-order valence-electron chi connectivity index (χ4n) is 3.48. The number of hydrogen-bond acceptors (Lipinski definition) is 6. The molecule has 0 aliphatic carbocycles. The van der Waals surface area contributed by atoms with E-state index in [2.05, 4.69) is 44.5 Å². The molecule has 0 fully saturated rings. The van der Waals surface area contributed by atoms with Crippen LogP contribution in [-0.2, 0) is 19.5 Å². The first-order chi connectivity index (χ1) is 13.8. The Balaban J connectivity index is 1.35. The number of nitrogens with zero attached hydrogens (tertiary/aromatic N) is 4. The summed E-state index contributed by atoms with van der Waals surface area (Å²) in [5, 5.41) is 3.01. The maximum absolute atomic E-state index is 12.8. The van der Waals surface area contributed by atoms with Crippen LogP contribution in [0.25, 0.3) is 0 Å². The van der Waals surface area contributed by atoms with Crippen LogP contribution in [-0.4, -0.2) is 40.5 Å². The Morgan fingerprint density at radius 2 is 1.82 bits per heavy atom. The van der Waals surface area contributed by atoms with Crippen LogP contribution in [0.2, 0.25) is 0 Å². The smallest absolute Gasteiger partial charge is 0.318 e. The molecule has 1 aliphatic heterocycles. The third kappa shape index (κ3) is 4.33. The van der Waals surface area contributed by atoms with Crippen LogP contribution in [0.1, 0.15) is 23.4 Å². The van der Waals surface area contributed by atoms with Gasteiger partial charge in [-0.3, -0.25) is 0 Å². The number of hydrogen-bond donors (Lipinski definition) is 1. The van der Waals surface area contributed by atoms with E-state index in [4.69, 9.17) is 8.83 Å². The van der Waals surface area contributed by atoms with E-state index in [0.717, 1.165) is 25.9 Å². The van der Waals surface area contributed by atoms with Crippen molar-refractivity contribution in [2.45, 2.75) is 25.9 Å². The number of oxazole rings is 2. The molecule has 8 nitrogen and oxygen atoms in total. The molecule has 28 heavy (non-hydrogen) atoms. The lowest BCUT2D eigenvalue weighted by Crippen LogP contribution is -2.43. The van der Waals surface area contributed by atoms with E-state index in [1.165, 1.54) is 36.6 Å². The highest BCUT2D eigenvalue weighted by molar-refractivity contribution is 5.74. The van der Waals surface area contributed by atoms with Crippen molar-refractivity contribution in [3.63, 3.8) is 0 Å². The number of aromatic nitrogens is 2. The number of carbonyl (C=O) groups excluding carboxylic acids is 1. The predicted octanol–water partition coefficient (Wildman–Crippen LogP) is 2.83. The van der Waals surface area contributed by atoms with Crippen molar-refractivity contribution in [2.24, 2.45) is 0 Å². The van der Waals surface area contributed by atoms with Gasteiger partial charge in [0.1, 0.15) is 12.5 Å². The summed E-state index contributed by atoms with van der Waals surface area (Å²) in [6, 6.07) is 8.30. The third-order valence-electron chi connectivity index (χ3n) is 4.82. The van der Waals surface area contributed by atoms with Gasteiger partial charge in [0.25, 0.3) is 0 Å². The monoisotopic (exact) mass is 381 g/mol. The van der Waals surface area contributed by atoms with E-state index in [1.54, 1.807) is 4.90 Å². The summed E-state index contributed by atoms with van der Waals surface area (Å²) in [4.78, 5) is 24.9. The lowest BCUT2D eigenvalue weighted by atomic mass is 10.0. The van der Waals surface area contributed by atoms with Crippen molar-refractivity contribution in [1.82, 2.24) is 20.2 Å². The molecule has 0 unspecified atom stereocenters. The van der Waals surface area contributed by atoms with Crippen LogP contribution in [0.4, 0.5) is 10.5 Å². The second-order valence-corrected chi connectivity index (χ2v) is 6.77. The topological polar surface area (TPSA) is 87.6 Å². The van der Waals surface area contributed by atoms with Gasteiger partial charge in [0.15, 0.2) is 12.8 Å². The molecule has 0 atom stereocenters. The molecule has 3 heterocycles. The zero-order chi connectivity index (χ0) is 19.2. The van der Waals surface area contributed by atoms with Crippen LogP contribution < -0.4 is 10.2 Å². The highest BCUT2D eigenvalue weighted by Crippen LogP contribution is 2.26. The summed E-state index contributed by atoms with van der Waals surface area (Å²) in [6.45, 7) is 3.00. The van der Waals surface area contributed by atoms with Crippen molar-refractivity contribution in [3.05, 3.63) is 66.5 Å². The van der Waals surface area contributed by atoms with E-state index in [0.29, 0.717) is 31.0 Å². The molecular weight excluding hydrogens is 358 g/mol. The number of anilines is 1. The molecule has 4 rings (SSSR count). The predicted molar refractivity (Wildman–Crippen MR) is 103 cm³/mol. The van der Waals surface area contributed by atoms with Crippen molar-refractivity contribution < 1.29 is 13.6 Å². The summed E-state index contributed by atoms with van der Waals surface area (Å²) in [5.74, 6) is 0. The number of nitrogens with one attached hydrogen (secondary N) is 1. The quantitative estimate of drug-likeness (QED) is 0.677. The number of aryl methyl sites for hydroxylation is 1. The molecule has 0 radical (unpaired) electrons. The van der Waals surface area contributed by atoms with Crippen LogP contribution in [0, 0.1) is 0 Å². The van der Waals surface area contributed by atoms with E-state index in [9.17, 15) is 4.79 Å². The average Bonchev–Trinajstić information content (AvgIpc) is 3.42. The van der Waals surface area contributed by atoms with Gasteiger partial charge in [0.2, 0.25) is 0 Å². The molecule has 1 aliphatic rings. The minimum atomic E-state index is -0.170. The van der Waals surface area contributed by atoms with E-state index in [-0.39, 0.29) is 6.03 Å². The van der Waals surface area contributed by atoms with E-state index < -0.39 is 0 Å². The van der Waals surface area contributed by atoms with Gasteiger partial charge in [0, 0.05) is 25.3 Å². The van der Waals surface area contributed by atoms with Gasteiger partial charge < -0.3 is 24.0 Å². The Bertz CT molecular complexity index is 843. The molecule has 2 aromatic heterocycles. The number of para-hydroxylation sites is 1. The number of carbonyl (C=O) groups is 1. The fourth-order valence-corrected chi connectivity index (χ4v) is 3.48. The molecule has 0 saturated carbocycles. The maximum Gasteiger partial charge on any atom is 0.318 e. The highest BCUT2D eigenvalue weighted by atomic mass is 16.3. The van der Waals surface area contributed by atoms with Gasteiger partial charge in [-0.2, -0.15) is 0 Å². The molecule has 1 N–H and O–H groups in total. The molecule has 2 amide bonds. The van der Waals surface area contributed by atoms with Crippen LogP contribution >= 0.6 is 0 Å². The summed E-state index contributed by atoms with van der Waals surface area (Å²) in [6.07, 6.45) is 8.03. The first-order valence-electron chi connectivity index (χ1n) is 9.39. The van der Waals surface area contributed by atoms with Crippen LogP contribution in [0.15, 0.2) is 58.4 Å². The van der Waals surface area contributed by atoms with Gasteiger partial charge in [-0.25, -0.2) is 14.8 Å². The zero-order valence-electron chi connectivity index (χ0n) is 15.6. The van der Waals surface area contributed by atoms with E-state index in [1.807, 2.05) is 0 Å². The molecule has 8 heteroatoms. The Labute approximate surface area is 163 Å². The Hall–Kier alpha value is -3.29. The Kier molecular flexibility index (Phi) is 5.56. The summed E-state index contributed by atoms with van der Waals surface area (Å²) < 4.78 is 10.0. The Morgan fingerprint density at radius 3 is 2.50 bits per heavy atom. The molecule has 3 aromatic rings. The highest BCUT2D eigenvalue weighted by Gasteiger charge is 2.19. The summed E-state index contributed by atoms with van der Waals surface area (Å²) >= 11 is 0. The standard InChI is InChI=1S/C20H23N5O3/c26-20(21-7-9-24-8-3-5-16-4-1-2-6-19(16)24)25(10-17-12-27-14-22-17)11-18-13-28-15-23-18/h1-2,4,6,12-15H,3,5,7-11H2,(H,21,26). The van der Waals surface area contributed by atoms with Gasteiger partial charge in [-0.05, 0) is 24.5 Å². The minimum absolute atomic E-state index is 0.170. The first kappa shape index (κ1) is 18.1. The zero-order valence-corrected chi connectivity index (χ0v) is 15.6. The third-order valence-corrected chi connectivity index (χ3v) is 4.82. The molecule has 0 bridgehead atoms. The van der Waals surface area contributed by atoms with Gasteiger partial charge in [-0.15, -0.1) is 0 Å². The van der Waals surface area contributed by atoms with E-state index >= 15 is 0 Å². The summed E-state index contributed by atoms with van der Waals surface area (Å²) in [5.41, 5.74) is 4.01. The lowest BCUT2D eigenvalue weighted by Gasteiger charge is -2.31. The van der Waals surface area contributed by atoms with Gasteiger partial charge >= 0.3 is 6.03 Å². The Morgan fingerprint density at radius 1 is 1.11 bits per heavy atom.